The summed E-state index contributed by atoms with van der Waals surface area (Å²) in [7, 11) is 0. The van der Waals surface area contributed by atoms with Gasteiger partial charge >= 0.3 is 5.97 Å². The van der Waals surface area contributed by atoms with E-state index < -0.39 is 5.97 Å². The van der Waals surface area contributed by atoms with Crippen LogP contribution in [0.1, 0.15) is 42.4 Å². The van der Waals surface area contributed by atoms with E-state index in [1.54, 1.807) is 0 Å². The molecule has 5 heteroatoms. The monoisotopic (exact) mass is 224 g/mol. The lowest BCUT2D eigenvalue weighted by Crippen LogP contribution is -2.27. The molecule has 1 aliphatic rings. The van der Waals surface area contributed by atoms with E-state index in [4.69, 9.17) is 9.63 Å². The molecular weight excluding hydrogens is 208 g/mol. The molecule has 0 bridgehead atoms. The summed E-state index contributed by atoms with van der Waals surface area (Å²) in [6, 6.07) is 2.06. The molecule has 1 aliphatic heterocycles. The summed E-state index contributed by atoms with van der Waals surface area (Å²) in [5.74, 6) is -0.0581. The van der Waals surface area contributed by atoms with Crippen molar-refractivity contribution in [2.75, 3.05) is 13.1 Å². The van der Waals surface area contributed by atoms with Gasteiger partial charge in [-0.25, -0.2) is 4.79 Å². The van der Waals surface area contributed by atoms with Gasteiger partial charge in [-0.05, 0) is 26.8 Å². The molecule has 1 N–H and O–H groups in total. The van der Waals surface area contributed by atoms with Crippen LogP contribution in [0.15, 0.2) is 10.6 Å². The van der Waals surface area contributed by atoms with Crippen molar-refractivity contribution in [3.8, 4) is 0 Å². The maximum absolute atomic E-state index is 10.7. The fraction of sp³-hybridized carbons (Fsp3) is 0.636. The number of nitrogens with zero attached hydrogens (tertiary/aromatic N) is 2. The molecule has 0 spiro atoms. The maximum atomic E-state index is 10.7. The average Bonchev–Trinajstić information content (AvgIpc) is 2.86. The first-order chi connectivity index (χ1) is 7.58. The Kier molecular flexibility index (Phi) is 2.96. The number of rotatable bonds is 3. The molecule has 2 rings (SSSR count). The van der Waals surface area contributed by atoms with Gasteiger partial charge in [-0.2, -0.15) is 0 Å². The van der Waals surface area contributed by atoms with E-state index >= 15 is 0 Å². The van der Waals surface area contributed by atoms with Crippen LogP contribution in [0.5, 0.6) is 0 Å². The molecule has 1 atom stereocenters. The van der Waals surface area contributed by atoms with Gasteiger partial charge in [0.15, 0.2) is 5.69 Å². The quantitative estimate of drug-likeness (QED) is 0.844. The van der Waals surface area contributed by atoms with Crippen LogP contribution in [-0.4, -0.2) is 40.3 Å². The summed E-state index contributed by atoms with van der Waals surface area (Å²) in [4.78, 5) is 13.0. The maximum Gasteiger partial charge on any atom is 0.358 e. The summed E-state index contributed by atoms with van der Waals surface area (Å²) in [6.45, 7) is 6.27. The Morgan fingerprint density at radius 2 is 2.44 bits per heavy atom. The van der Waals surface area contributed by atoms with E-state index in [-0.39, 0.29) is 11.6 Å². The zero-order valence-electron chi connectivity index (χ0n) is 9.51. The van der Waals surface area contributed by atoms with Gasteiger partial charge in [0.2, 0.25) is 0 Å². The topological polar surface area (TPSA) is 66.6 Å². The summed E-state index contributed by atoms with van der Waals surface area (Å²) in [5.41, 5.74) is -0.00185. The second-order valence-corrected chi connectivity index (χ2v) is 4.49. The normalized spacial score (nSPS) is 21.8. The minimum Gasteiger partial charge on any atom is -0.476 e. The van der Waals surface area contributed by atoms with Crippen LogP contribution in [0.2, 0.25) is 0 Å². The highest BCUT2D eigenvalue weighted by Crippen LogP contribution is 2.28. The first-order valence-corrected chi connectivity index (χ1v) is 5.52. The van der Waals surface area contributed by atoms with E-state index in [1.807, 2.05) is 0 Å². The van der Waals surface area contributed by atoms with Crippen LogP contribution in [-0.2, 0) is 0 Å². The molecule has 0 amide bonds. The van der Waals surface area contributed by atoms with Crippen LogP contribution in [0.25, 0.3) is 0 Å². The van der Waals surface area contributed by atoms with E-state index in [1.165, 1.54) is 6.07 Å². The molecule has 1 unspecified atom stereocenters. The molecule has 0 radical (unpaired) electrons. The van der Waals surface area contributed by atoms with Gasteiger partial charge in [0, 0.05) is 24.6 Å². The third-order valence-electron chi connectivity index (χ3n) is 3.10. The smallest absolute Gasteiger partial charge is 0.358 e. The third kappa shape index (κ3) is 2.09. The Balaban J connectivity index is 2.06. The highest BCUT2D eigenvalue weighted by molar-refractivity contribution is 5.85. The molecule has 0 aromatic carbocycles. The molecule has 16 heavy (non-hydrogen) atoms. The SMILES string of the molecule is CC(C)N1CCC(c2cc(C(=O)O)no2)C1. The Hall–Kier alpha value is -1.36. The highest BCUT2D eigenvalue weighted by atomic mass is 16.5. The van der Waals surface area contributed by atoms with Gasteiger partial charge in [0.25, 0.3) is 0 Å². The van der Waals surface area contributed by atoms with Gasteiger partial charge < -0.3 is 14.5 Å². The van der Waals surface area contributed by atoms with Crippen molar-refractivity contribution in [1.29, 1.82) is 0 Å². The molecule has 2 heterocycles. The summed E-state index contributed by atoms with van der Waals surface area (Å²) < 4.78 is 5.08. The van der Waals surface area contributed by atoms with Gasteiger partial charge in [-0.3, -0.25) is 0 Å². The van der Waals surface area contributed by atoms with Crippen LogP contribution in [0, 0.1) is 0 Å². The average molecular weight is 224 g/mol. The molecule has 5 nitrogen and oxygen atoms in total. The standard InChI is InChI=1S/C11H16N2O3/c1-7(2)13-4-3-8(6-13)10-5-9(11(14)15)12-16-10/h5,7-8H,3-4,6H2,1-2H3,(H,14,15). The minimum atomic E-state index is -1.03. The zero-order chi connectivity index (χ0) is 11.7. The highest BCUT2D eigenvalue weighted by Gasteiger charge is 2.28. The number of carboxylic acids is 1. The van der Waals surface area contributed by atoms with Gasteiger partial charge in [-0.1, -0.05) is 5.16 Å². The molecule has 1 aromatic heterocycles. The fourth-order valence-corrected chi connectivity index (χ4v) is 2.07. The number of likely N-dealkylation sites (tertiary alicyclic amines) is 1. The molecule has 1 aromatic rings. The Morgan fingerprint density at radius 1 is 1.69 bits per heavy atom. The van der Waals surface area contributed by atoms with Crippen molar-refractivity contribution >= 4 is 5.97 Å². The van der Waals surface area contributed by atoms with E-state index in [0.717, 1.165) is 19.5 Å². The van der Waals surface area contributed by atoms with Crippen molar-refractivity contribution in [2.24, 2.45) is 0 Å². The number of hydrogen-bond acceptors (Lipinski definition) is 4. The van der Waals surface area contributed by atoms with E-state index in [9.17, 15) is 4.79 Å². The van der Waals surface area contributed by atoms with E-state index in [2.05, 4.69) is 23.9 Å². The zero-order valence-corrected chi connectivity index (χ0v) is 9.51. The fourth-order valence-electron chi connectivity index (χ4n) is 2.07. The van der Waals surface area contributed by atoms with Crippen LogP contribution >= 0.6 is 0 Å². The van der Waals surface area contributed by atoms with Gasteiger partial charge in [0.1, 0.15) is 5.76 Å². The molecular formula is C11H16N2O3. The first-order valence-electron chi connectivity index (χ1n) is 5.52. The van der Waals surface area contributed by atoms with Crippen LogP contribution in [0.3, 0.4) is 0 Å². The number of hydrogen-bond donors (Lipinski definition) is 1. The van der Waals surface area contributed by atoms with Crippen molar-refractivity contribution in [1.82, 2.24) is 10.1 Å². The number of carboxylic acid groups (broad SMARTS) is 1. The second kappa shape index (κ2) is 4.25. The Morgan fingerprint density at radius 3 is 2.94 bits per heavy atom. The lowest BCUT2D eigenvalue weighted by molar-refractivity contribution is 0.0685. The molecule has 88 valence electrons. The molecule has 1 fully saturated rings. The predicted molar refractivity (Wildman–Crippen MR) is 57.5 cm³/mol. The van der Waals surface area contributed by atoms with Crippen molar-refractivity contribution < 1.29 is 14.4 Å². The molecule has 1 saturated heterocycles. The van der Waals surface area contributed by atoms with Gasteiger partial charge in [-0.15, -0.1) is 0 Å². The Bertz CT molecular complexity index is 386. The third-order valence-corrected chi connectivity index (χ3v) is 3.10. The van der Waals surface area contributed by atoms with Crippen LogP contribution < -0.4 is 0 Å². The number of aromatic carboxylic acids is 1. The largest absolute Gasteiger partial charge is 0.476 e. The minimum absolute atomic E-state index is 0.00185. The lowest BCUT2D eigenvalue weighted by atomic mass is 10.1. The number of aromatic nitrogens is 1. The molecule has 0 aliphatic carbocycles. The lowest BCUT2D eigenvalue weighted by Gasteiger charge is -2.19. The summed E-state index contributed by atoms with van der Waals surface area (Å²) in [5, 5.41) is 12.3. The molecule has 0 saturated carbocycles. The number of carbonyl (C=O) groups is 1. The Labute approximate surface area is 94.0 Å². The second-order valence-electron chi connectivity index (χ2n) is 4.49. The van der Waals surface area contributed by atoms with Crippen molar-refractivity contribution in [3.05, 3.63) is 17.5 Å². The van der Waals surface area contributed by atoms with Crippen molar-refractivity contribution in [2.45, 2.75) is 32.2 Å². The first kappa shape index (κ1) is 11.1. The predicted octanol–water partition coefficient (Wildman–Crippen LogP) is 1.57. The van der Waals surface area contributed by atoms with Gasteiger partial charge in [0.05, 0.1) is 0 Å². The van der Waals surface area contributed by atoms with Crippen LogP contribution in [0.4, 0.5) is 0 Å². The van der Waals surface area contributed by atoms with Crippen molar-refractivity contribution in [3.63, 3.8) is 0 Å². The van der Waals surface area contributed by atoms with E-state index in [0.29, 0.717) is 11.8 Å². The summed E-state index contributed by atoms with van der Waals surface area (Å²) in [6.07, 6.45) is 1.01. The summed E-state index contributed by atoms with van der Waals surface area (Å²) >= 11 is 0.